The lowest BCUT2D eigenvalue weighted by Gasteiger charge is -2.06. The second-order valence-corrected chi connectivity index (χ2v) is 4.35. The van der Waals surface area contributed by atoms with E-state index >= 15 is 0 Å². The zero-order chi connectivity index (χ0) is 13.1. The first-order valence-electron chi connectivity index (χ1n) is 5.84. The zero-order valence-electron chi connectivity index (χ0n) is 10.5. The lowest BCUT2D eigenvalue weighted by Crippen LogP contribution is -1.86. The summed E-state index contributed by atoms with van der Waals surface area (Å²) in [7, 11) is 0. The largest absolute Gasteiger partial charge is 0.508 e. The van der Waals surface area contributed by atoms with Gasteiger partial charge in [0.2, 0.25) is 0 Å². The standard InChI is InChI=1S/C16H16O2/c1-11-12(2)16(18)10-7-14(11)6-3-13-4-8-15(17)9-5-13/h3-10,17-18H,1-2H3/b6-3+. The van der Waals surface area contributed by atoms with E-state index in [9.17, 15) is 10.2 Å². The Kier molecular flexibility index (Phi) is 3.38. The van der Waals surface area contributed by atoms with Gasteiger partial charge in [0.15, 0.2) is 0 Å². The summed E-state index contributed by atoms with van der Waals surface area (Å²) >= 11 is 0. The lowest BCUT2D eigenvalue weighted by molar-refractivity contribution is 0.470. The van der Waals surface area contributed by atoms with Crippen LogP contribution in [0.2, 0.25) is 0 Å². The highest BCUT2D eigenvalue weighted by atomic mass is 16.3. The molecule has 2 aromatic rings. The molecule has 0 bridgehead atoms. The third-order valence-corrected chi connectivity index (χ3v) is 3.15. The van der Waals surface area contributed by atoms with Crippen molar-refractivity contribution in [3.05, 3.63) is 58.7 Å². The van der Waals surface area contributed by atoms with Crippen molar-refractivity contribution in [1.82, 2.24) is 0 Å². The maximum absolute atomic E-state index is 9.59. The van der Waals surface area contributed by atoms with Crippen molar-refractivity contribution in [2.45, 2.75) is 13.8 Å². The van der Waals surface area contributed by atoms with E-state index in [1.54, 1.807) is 18.2 Å². The molecule has 0 radical (unpaired) electrons. The Bertz CT molecular complexity index is 581. The maximum atomic E-state index is 9.59. The smallest absolute Gasteiger partial charge is 0.118 e. The van der Waals surface area contributed by atoms with Crippen LogP contribution in [0.25, 0.3) is 12.2 Å². The normalized spacial score (nSPS) is 11.0. The molecule has 0 saturated carbocycles. The Hall–Kier alpha value is -2.22. The van der Waals surface area contributed by atoms with E-state index in [1.165, 1.54) is 0 Å². The number of hydrogen-bond acceptors (Lipinski definition) is 2. The molecule has 2 heteroatoms. The summed E-state index contributed by atoms with van der Waals surface area (Å²) < 4.78 is 0. The Balaban J connectivity index is 2.29. The van der Waals surface area contributed by atoms with E-state index in [4.69, 9.17) is 0 Å². The quantitative estimate of drug-likeness (QED) is 0.782. The Labute approximate surface area is 107 Å². The first kappa shape index (κ1) is 12.2. The Morgan fingerprint density at radius 1 is 0.778 bits per heavy atom. The third-order valence-electron chi connectivity index (χ3n) is 3.15. The van der Waals surface area contributed by atoms with Crippen molar-refractivity contribution in [3.63, 3.8) is 0 Å². The van der Waals surface area contributed by atoms with Gasteiger partial charge in [0, 0.05) is 0 Å². The summed E-state index contributed by atoms with van der Waals surface area (Å²) in [6.45, 7) is 3.90. The number of phenols is 2. The fourth-order valence-electron chi connectivity index (χ4n) is 1.78. The van der Waals surface area contributed by atoms with E-state index in [2.05, 4.69) is 0 Å². The monoisotopic (exact) mass is 240 g/mol. The SMILES string of the molecule is Cc1c(O)ccc(/C=C/c2ccc(O)cc2)c1C. The van der Waals surface area contributed by atoms with Crippen LogP contribution < -0.4 is 0 Å². The average molecular weight is 240 g/mol. The van der Waals surface area contributed by atoms with Crippen molar-refractivity contribution < 1.29 is 10.2 Å². The van der Waals surface area contributed by atoms with Crippen LogP contribution in [-0.2, 0) is 0 Å². The number of aromatic hydroxyl groups is 2. The minimum atomic E-state index is 0.267. The molecule has 0 aliphatic rings. The van der Waals surface area contributed by atoms with Crippen LogP contribution in [0.5, 0.6) is 11.5 Å². The molecule has 0 unspecified atom stereocenters. The van der Waals surface area contributed by atoms with E-state index in [-0.39, 0.29) is 5.75 Å². The first-order valence-corrected chi connectivity index (χ1v) is 5.84. The van der Waals surface area contributed by atoms with Gasteiger partial charge in [-0.25, -0.2) is 0 Å². The van der Waals surface area contributed by atoms with Crippen LogP contribution >= 0.6 is 0 Å². The summed E-state index contributed by atoms with van der Waals surface area (Å²) in [5, 5.41) is 18.8. The molecule has 0 amide bonds. The Morgan fingerprint density at radius 2 is 1.44 bits per heavy atom. The molecule has 0 atom stereocenters. The van der Waals surface area contributed by atoms with Crippen LogP contribution in [-0.4, -0.2) is 10.2 Å². The van der Waals surface area contributed by atoms with Gasteiger partial charge in [-0.05, 0) is 54.3 Å². The number of hydrogen-bond donors (Lipinski definition) is 2. The molecule has 0 aromatic heterocycles. The molecule has 92 valence electrons. The van der Waals surface area contributed by atoms with Gasteiger partial charge in [-0.2, -0.15) is 0 Å². The first-order chi connectivity index (χ1) is 8.58. The van der Waals surface area contributed by atoms with Crippen LogP contribution in [0.4, 0.5) is 0 Å². The molecular formula is C16H16O2. The molecule has 2 N–H and O–H groups in total. The highest BCUT2D eigenvalue weighted by Crippen LogP contribution is 2.24. The second kappa shape index (κ2) is 4.96. The molecule has 2 rings (SSSR count). The summed E-state index contributed by atoms with van der Waals surface area (Å²) in [5.41, 5.74) is 4.09. The van der Waals surface area contributed by atoms with Crippen LogP contribution in [0.15, 0.2) is 36.4 Å². The molecule has 0 aliphatic heterocycles. The van der Waals surface area contributed by atoms with Crippen molar-refractivity contribution in [2.24, 2.45) is 0 Å². The summed E-state index contributed by atoms with van der Waals surface area (Å²) in [6.07, 6.45) is 3.99. The van der Waals surface area contributed by atoms with E-state index in [0.717, 1.165) is 22.3 Å². The topological polar surface area (TPSA) is 40.5 Å². The molecule has 0 saturated heterocycles. The molecule has 0 aliphatic carbocycles. The van der Waals surface area contributed by atoms with E-state index < -0.39 is 0 Å². The number of phenolic OH excluding ortho intramolecular Hbond substituents is 2. The zero-order valence-corrected chi connectivity index (χ0v) is 10.5. The minimum Gasteiger partial charge on any atom is -0.508 e. The molecule has 18 heavy (non-hydrogen) atoms. The van der Waals surface area contributed by atoms with Gasteiger partial charge in [-0.1, -0.05) is 30.4 Å². The maximum Gasteiger partial charge on any atom is 0.118 e. The molecule has 0 heterocycles. The van der Waals surface area contributed by atoms with Gasteiger partial charge in [-0.15, -0.1) is 0 Å². The van der Waals surface area contributed by atoms with E-state index in [1.807, 2.05) is 44.2 Å². The highest BCUT2D eigenvalue weighted by molar-refractivity contribution is 5.72. The predicted octanol–water partition coefficient (Wildman–Crippen LogP) is 3.89. The summed E-state index contributed by atoms with van der Waals surface area (Å²) in [4.78, 5) is 0. The fraction of sp³-hybridized carbons (Fsp3) is 0.125. The van der Waals surface area contributed by atoms with Crippen LogP contribution in [0.1, 0.15) is 22.3 Å². The summed E-state index contributed by atoms with van der Waals surface area (Å²) in [6, 6.07) is 10.6. The molecule has 2 aromatic carbocycles. The van der Waals surface area contributed by atoms with Gasteiger partial charge in [-0.3, -0.25) is 0 Å². The molecular weight excluding hydrogens is 224 g/mol. The van der Waals surface area contributed by atoms with Crippen LogP contribution in [0, 0.1) is 13.8 Å². The Morgan fingerprint density at radius 3 is 2.11 bits per heavy atom. The van der Waals surface area contributed by atoms with Crippen molar-refractivity contribution in [2.75, 3.05) is 0 Å². The van der Waals surface area contributed by atoms with Crippen LogP contribution in [0.3, 0.4) is 0 Å². The highest BCUT2D eigenvalue weighted by Gasteiger charge is 2.02. The molecule has 2 nitrogen and oxygen atoms in total. The van der Waals surface area contributed by atoms with Gasteiger partial charge < -0.3 is 10.2 Å². The number of rotatable bonds is 2. The van der Waals surface area contributed by atoms with Crippen molar-refractivity contribution in [1.29, 1.82) is 0 Å². The summed E-state index contributed by atoms with van der Waals surface area (Å²) in [5.74, 6) is 0.595. The lowest BCUT2D eigenvalue weighted by atomic mass is 10.0. The fourth-order valence-corrected chi connectivity index (χ4v) is 1.78. The predicted molar refractivity (Wildman–Crippen MR) is 74.6 cm³/mol. The van der Waals surface area contributed by atoms with Crippen molar-refractivity contribution in [3.8, 4) is 11.5 Å². The third kappa shape index (κ3) is 2.54. The van der Waals surface area contributed by atoms with Crippen molar-refractivity contribution >= 4 is 12.2 Å². The van der Waals surface area contributed by atoms with Gasteiger partial charge >= 0.3 is 0 Å². The van der Waals surface area contributed by atoms with Gasteiger partial charge in [0.1, 0.15) is 11.5 Å². The van der Waals surface area contributed by atoms with Gasteiger partial charge in [0.05, 0.1) is 0 Å². The molecule has 0 spiro atoms. The van der Waals surface area contributed by atoms with Gasteiger partial charge in [0.25, 0.3) is 0 Å². The molecule has 0 fully saturated rings. The van der Waals surface area contributed by atoms with E-state index in [0.29, 0.717) is 5.75 Å². The average Bonchev–Trinajstić information content (AvgIpc) is 2.37. The number of benzene rings is 2. The minimum absolute atomic E-state index is 0.267. The second-order valence-electron chi connectivity index (χ2n) is 4.35.